The number of aryl methyl sites for hydroxylation is 2. The SMILES string of the molecule is COC(=S)N(O)c1cc(C(F)(F)F)ccc1COc1ccc(C)cc1C. The van der Waals surface area contributed by atoms with Gasteiger partial charge in [0.15, 0.2) is 0 Å². The summed E-state index contributed by atoms with van der Waals surface area (Å²) in [5.41, 5.74) is 1.21. The maximum Gasteiger partial charge on any atom is 0.416 e. The average molecular weight is 385 g/mol. The van der Waals surface area contributed by atoms with E-state index in [0.717, 1.165) is 23.3 Å². The van der Waals surface area contributed by atoms with Gasteiger partial charge in [-0.2, -0.15) is 18.2 Å². The Balaban J connectivity index is 2.35. The van der Waals surface area contributed by atoms with Gasteiger partial charge in [-0.3, -0.25) is 5.21 Å². The zero-order chi connectivity index (χ0) is 19.5. The van der Waals surface area contributed by atoms with Crippen molar-refractivity contribution in [2.75, 3.05) is 12.2 Å². The van der Waals surface area contributed by atoms with Crippen LogP contribution in [0.1, 0.15) is 22.3 Å². The summed E-state index contributed by atoms with van der Waals surface area (Å²) in [6.07, 6.45) is -4.56. The molecule has 0 aliphatic rings. The van der Waals surface area contributed by atoms with Gasteiger partial charge in [-0.25, -0.2) is 0 Å². The molecule has 4 nitrogen and oxygen atoms in total. The fraction of sp³-hybridized carbons (Fsp3) is 0.278. The maximum absolute atomic E-state index is 13.0. The van der Waals surface area contributed by atoms with E-state index in [9.17, 15) is 18.4 Å². The molecule has 0 unspecified atom stereocenters. The normalized spacial score (nSPS) is 11.2. The number of rotatable bonds is 4. The Bertz CT molecular complexity index is 809. The Hall–Kier alpha value is -2.32. The van der Waals surface area contributed by atoms with Gasteiger partial charge in [0.05, 0.1) is 18.4 Å². The first-order valence-corrected chi connectivity index (χ1v) is 8.01. The highest BCUT2D eigenvalue weighted by molar-refractivity contribution is 7.80. The van der Waals surface area contributed by atoms with Crippen LogP contribution in [0.3, 0.4) is 0 Å². The van der Waals surface area contributed by atoms with Crippen LogP contribution in [-0.4, -0.2) is 17.5 Å². The van der Waals surface area contributed by atoms with Crippen molar-refractivity contribution in [3.8, 4) is 5.75 Å². The molecule has 26 heavy (non-hydrogen) atoms. The number of benzene rings is 2. The summed E-state index contributed by atoms with van der Waals surface area (Å²) in [6, 6.07) is 8.55. The van der Waals surface area contributed by atoms with E-state index in [1.165, 1.54) is 13.2 Å². The van der Waals surface area contributed by atoms with Crippen LogP contribution in [0.2, 0.25) is 0 Å². The molecule has 0 aromatic heterocycles. The quantitative estimate of drug-likeness (QED) is 0.591. The van der Waals surface area contributed by atoms with E-state index < -0.39 is 11.7 Å². The largest absolute Gasteiger partial charge is 0.489 e. The standard InChI is InChI=1S/C18H18F3NO3S/c1-11-4-7-16(12(2)8-11)25-10-13-5-6-14(18(19,20)21)9-15(13)22(23)17(26)24-3/h4-9,23H,10H2,1-3H3. The van der Waals surface area contributed by atoms with E-state index in [0.29, 0.717) is 16.4 Å². The van der Waals surface area contributed by atoms with Crippen molar-refractivity contribution < 1.29 is 27.9 Å². The number of thiocarbonyl (C=S) groups is 1. The highest BCUT2D eigenvalue weighted by atomic mass is 32.1. The molecular formula is C18H18F3NO3S. The van der Waals surface area contributed by atoms with Gasteiger partial charge in [0.1, 0.15) is 12.4 Å². The van der Waals surface area contributed by atoms with E-state index >= 15 is 0 Å². The third kappa shape index (κ3) is 4.64. The number of hydrogen-bond acceptors (Lipinski definition) is 4. The van der Waals surface area contributed by atoms with Gasteiger partial charge >= 0.3 is 6.18 Å². The van der Waals surface area contributed by atoms with E-state index in [-0.39, 0.29) is 17.5 Å². The van der Waals surface area contributed by atoms with E-state index in [2.05, 4.69) is 0 Å². The molecule has 0 saturated carbocycles. The van der Waals surface area contributed by atoms with Crippen molar-refractivity contribution in [2.45, 2.75) is 26.6 Å². The van der Waals surface area contributed by atoms with E-state index in [1.807, 2.05) is 26.0 Å². The summed E-state index contributed by atoms with van der Waals surface area (Å²) >= 11 is 4.80. The second-order valence-corrected chi connectivity index (χ2v) is 6.03. The first-order chi connectivity index (χ1) is 12.1. The molecule has 0 heterocycles. The first kappa shape index (κ1) is 20.0. The summed E-state index contributed by atoms with van der Waals surface area (Å²) in [5, 5.41) is 10.1. The molecule has 2 rings (SSSR count). The Kier molecular flexibility index (Phi) is 6.09. The van der Waals surface area contributed by atoms with Gasteiger partial charge in [0.25, 0.3) is 5.17 Å². The minimum Gasteiger partial charge on any atom is -0.489 e. The van der Waals surface area contributed by atoms with Gasteiger partial charge in [-0.15, -0.1) is 0 Å². The van der Waals surface area contributed by atoms with Crippen LogP contribution in [0.15, 0.2) is 36.4 Å². The van der Waals surface area contributed by atoms with Crippen LogP contribution >= 0.6 is 12.2 Å². The molecule has 0 bridgehead atoms. The Labute approximate surface area is 154 Å². The first-order valence-electron chi connectivity index (χ1n) is 7.60. The van der Waals surface area contributed by atoms with E-state index in [1.54, 1.807) is 6.07 Å². The second kappa shape index (κ2) is 7.92. The molecule has 0 amide bonds. The van der Waals surface area contributed by atoms with Crippen molar-refractivity contribution >= 4 is 23.1 Å². The van der Waals surface area contributed by atoms with Crippen LogP contribution in [0, 0.1) is 13.8 Å². The Morgan fingerprint density at radius 3 is 2.42 bits per heavy atom. The topological polar surface area (TPSA) is 41.9 Å². The number of nitrogens with zero attached hydrogens (tertiary/aromatic N) is 1. The van der Waals surface area contributed by atoms with Crippen molar-refractivity contribution in [1.82, 2.24) is 0 Å². The maximum atomic E-state index is 13.0. The molecule has 0 radical (unpaired) electrons. The molecule has 0 aliphatic carbocycles. The summed E-state index contributed by atoms with van der Waals surface area (Å²) in [7, 11) is 1.21. The van der Waals surface area contributed by atoms with Gasteiger partial charge < -0.3 is 9.47 Å². The van der Waals surface area contributed by atoms with Crippen LogP contribution in [0.4, 0.5) is 18.9 Å². The lowest BCUT2D eigenvalue weighted by molar-refractivity contribution is -0.137. The lowest BCUT2D eigenvalue weighted by Crippen LogP contribution is -2.28. The molecule has 2 aromatic carbocycles. The van der Waals surface area contributed by atoms with Gasteiger partial charge in [0, 0.05) is 5.56 Å². The molecule has 0 aliphatic heterocycles. The molecule has 0 saturated heterocycles. The molecule has 8 heteroatoms. The molecule has 140 valence electrons. The van der Waals surface area contributed by atoms with Crippen LogP contribution in [-0.2, 0) is 17.5 Å². The average Bonchev–Trinajstić information content (AvgIpc) is 2.58. The van der Waals surface area contributed by atoms with Gasteiger partial charge in [-0.05, 0) is 49.8 Å². The lowest BCUT2D eigenvalue weighted by Gasteiger charge is -2.21. The zero-order valence-electron chi connectivity index (χ0n) is 14.4. The number of methoxy groups -OCH3 is 1. The smallest absolute Gasteiger partial charge is 0.416 e. The summed E-state index contributed by atoms with van der Waals surface area (Å²) in [4.78, 5) is 0. The van der Waals surface area contributed by atoms with Gasteiger partial charge in [0.2, 0.25) is 0 Å². The summed E-state index contributed by atoms with van der Waals surface area (Å²) in [5.74, 6) is 0.597. The lowest BCUT2D eigenvalue weighted by atomic mass is 10.1. The highest BCUT2D eigenvalue weighted by Gasteiger charge is 2.32. The molecule has 2 aromatic rings. The molecule has 0 atom stereocenters. The fourth-order valence-electron chi connectivity index (χ4n) is 2.36. The fourth-order valence-corrected chi connectivity index (χ4v) is 2.46. The Morgan fingerprint density at radius 2 is 1.85 bits per heavy atom. The van der Waals surface area contributed by atoms with E-state index in [4.69, 9.17) is 21.7 Å². The van der Waals surface area contributed by atoms with Crippen molar-refractivity contribution in [3.63, 3.8) is 0 Å². The molecular weight excluding hydrogens is 367 g/mol. The minimum atomic E-state index is -4.56. The Morgan fingerprint density at radius 1 is 1.15 bits per heavy atom. The third-order valence-corrected chi connectivity index (χ3v) is 4.04. The predicted molar refractivity (Wildman–Crippen MR) is 95.6 cm³/mol. The number of hydroxylamine groups is 1. The number of ether oxygens (including phenoxy) is 2. The monoisotopic (exact) mass is 385 g/mol. The summed E-state index contributed by atoms with van der Waals surface area (Å²) in [6.45, 7) is 3.76. The predicted octanol–water partition coefficient (Wildman–Crippen LogP) is 5.03. The zero-order valence-corrected chi connectivity index (χ0v) is 15.2. The van der Waals surface area contributed by atoms with Crippen molar-refractivity contribution in [2.24, 2.45) is 0 Å². The number of halogens is 3. The van der Waals surface area contributed by atoms with Crippen molar-refractivity contribution in [1.29, 1.82) is 0 Å². The third-order valence-electron chi connectivity index (χ3n) is 3.70. The second-order valence-electron chi connectivity index (χ2n) is 5.68. The molecule has 1 N–H and O–H groups in total. The van der Waals surface area contributed by atoms with Crippen LogP contribution < -0.4 is 9.80 Å². The number of alkyl halides is 3. The number of anilines is 1. The number of hydrogen-bond donors (Lipinski definition) is 1. The molecule has 0 spiro atoms. The minimum absolute atomic E-state index is 0.0548. The van der Waals surface area contributed by atoms with Crippen LogP contribution in [0.25, 0.3) is 0 Å². The summed E-state index contributed by atoms with van der Waals surface area (Å²) < 4.78 is 49.4. The van der Waals surface area contributed by atoms with Crippen molar-refractivity contribution in [3.05, 3.63) is 58.7 Å². The molecule has 0 fully saturated rings. The van der Waals surface area contributed by atoms with Gasteiger partial charge in [-0.1, -0.05) is 23.8 Å². The van der Waals surface area contributed by atoms with Crippen LogP contribution in [0.5, 0.6) is 5.75 Å². The highest BCUT2D eigenvalue weighted by Crippen LogP contribution is 2.34.